The number of nitrogens with one attached hydrogen (secondary N) is 1. The van der Waals surface area contributed by atoms with E-state index in [0.29, 0.717) is 5.69 Å². The summed E-state index contributed by atoms with van der Waals surface area (Å²) in [6.45, 7) is 0.453. The molecule has 1 fully saturated rings. The molecule has 1 aliphatic rings. The normalized spacial score (nSPS) is 20.9. The molecule has 5 nitrogen and oxygen atoms in total. The molecule has 1 saturated heterocycles. The fourth-order valence-electron chi connectivity index (χ4n) is 1.78. The number of carbonyl (C=O) groups is 2. The van der Waals surface area contributed by atoms with Crippen LogP contribution < -0.4 is 10.2 Å². The first-order valence-electron chi connectivity index (χ1n) is 5.01. The SMILES string of the molecule is O=C(O)C1CNCC(=O)N1c1ccccc1. The topological polar surface area (TPSA) is 69.6 Å². The Bertz CT molecular complexity index is 405. The van der Waals surface area contributed by atoms with Crippen LogP contribution in [0.2, 0.25) is 0 Å². The van der Waals surface area contributed by atoms with Crippen LogP contribution >= 0.6 is 0 Å². The van der Waals surface area contributed by atoms with Gasteiger partial charge in [0.1, 0.15) is 6.04 Å². The summed E-state index contributed by atoms with van der Waals surface area (Å²) >= 11 is 0. The van der Waals surface area contributed by atoms with Gasteiger partial charge in [-0.1, -0.05) is 18.2 Å². The standard InChI is InChI=1S/C11H12N2O3/c14-10-7-12-6-9(11(15)16)13(10)8-4-2-1-3-5-8/h1-5,9,12H,6-7H2,(H,15,16). The Kier molecular flexibility index (Phi) is 2.87. The van der Waals surface area contributed by atoms with E-state index in [1.165, 1.54) is 4.90 Å². The molecule has 1 unspecified atom stereocenters. The summed E-state index contributed by atoms with van der Waals surface area (Å²) in [5.41, 5.74) is 0.626. The molecule has 0 radical (unpaired) electrons. The van der Waals surface area contributed by atoms with E-state index in [2.05, 4.69) is 5.32 Å². The highest BCUT2D eigenvalue weighted by Gasteiger charge is 2.33. The first kappa shape index (κ1) is 10.6. The number of carbonyl (C=O) groups excluding carboxylic acids is 1. The third-order valence-corrected chi connectivity index (χ3v) is 2.51. The van der Waals surface area contributed by atoms with E-state index in [-0.39, 0.29) is 19.0 Å². The van der Waals surface area contributed by atoms with Crippen LogP contribution in [0.5, 0.6) is 0 Å². The van der Waals surface area contributed by atoms with Crippen molar-refractivity contribution in [2.75, 3.05) is 18.0 Å². The van der Waals surface area contributed by atoms with Crippen molar-refractivity contribution >= 4 is 17.6 Å². The maximum Gasteiger partial charge on any atom is 0.328 e. The number of nitrogens with zero attached hydrogens (tertiary/aromatic N) is 1. The van der Waals surface area contributed by atoms with Crippen molar-refractivity contribution in [3.63, 3.8) is 0 Å². The first-order chi connectivity index (χ1) is 7.70. The lowest BCUT2D eigenvalue weighted by Gasteiger charge is -2.33. The summed E-state index contributed by atoms with van der Waals surface area (Å²) in [6, 6.07) is 8.03. The first-order valence-corrected chi connectivity index (χ1v) is 5.01. The third kappa shape index (κ3) is 1.90. The molecule has 16 heavy (non-hydrogen) atoms. The molecule has 0 spiro atoms. The van der Waals surface area contributed by atoms with Crippen LogP contribution in [0.4, 0.5) is 5.69 Å². The molecule has 2 N–H and O–H groups in total. The van der Waals surface area contributed by atoms with E-state index in [4.69, 9.17) is 5.11 Å². The average Bonchev–Trinajstić information content (AvgIpc) is 2.29. The number of rotatable bonds is 2. The quantitative estimate of drug-likeness (QED) is 0.740. The number of piperazine rings is 1. The van der Waals surface area contributed by atoms with Crippen molar-refractivity contribution in [2.45, 2.75) is 6.04 Å². The second-order valence-electron chi connectivity index (χ2n) is 3.58. The van der Waals surface area contributed by atoms with E-state index in [9.17, 15) is 9.59 Å². The number of aliphatic carboxylic acids is 1. The predicted octanol–water partition coefficient (Wildman–Crippen LogP) is 0.0760. The van der Waals surface area contributed by atoms with Gasteiger partial charge in [0, 0.05) is 12.2 Å². The van der Waals surface area contributed by atoms with Gasteiger partial charge in [0.2, 0.25) is 5.91 Å². The summed E-state index contributed by atoms with van der Waals surface area (Å²) in [7, 11) is 0. The van der Waals surface area contributed by atoms with Crippen molar-refractivity contribution in [3.05, 3.63) is 30.3 Å². The largest absolute Gasteiger partial charge is 0.480 e. The number of carboxylic acids is 1. The zero-order valence-corrected chi connectivity index (χ0v) is 8.59. The van der Waals surface area contributed by atoms with Crippen molar-refractivity contribution in [1.82, 2.24) is 5.32 Å². The monoisotopic (exact) mass is 220 g/mol. The maximum atomic E-state index is 11.7. The van der Waals surface area contributed by atoms with Crippen molar-refractivity contribution in [2.24, 2.45) is 0 Å². The summed E-state index contributed by atoms with van der Waals surface area (Å²) in [6.07, 6.45) is 0. The van der Waals surface area contributed by atoms with Gasteiger partial charge < -0.3 is 10.4 Å². The van der Waals surface area contributed by atoms with E-state index in [0.717, 1.165) is 0 Å². The van der Waals surface area contributed by atoms with Crippen LogP contribution in [0.25, 0.3) is 0 Å². The van der Waals surface area contributed by atoms with E-state index < -0.39 is 12.0 Å². The highest BCUT2D eigenvalue weighted by atomic mass is 16.4. The van der Waals surface area contributed by atoms with Crippen LogP contribution in [-0.2, 0) is 9.59 Å². The predicted molar refractivity (Wildman–Crippen MR) is 58.2 cm³/mol. The van der Waals surface area contributed by atoms with Gasteiger partial charge in [0.05, 0.1) is 6.54 Å². The Labute approximate surface area is 92.7 Å². The van der Waals surface area contributed by atoms with Crippen LogP contribution in [-0.4, -0.2) is 36.1 Å². The number of para-hydroxylation sites is 1. The van der Waals surface area contributed by atoms with E-state index >= 15 is 0 Å². The molecule has 1 heterocycles. The fourth-order valence-corrected chi connectivity index (χ4v) is 1.78. The van der Waals surface area contributed by atoms with Gasteiger partial charge in [-0.3, -0.25) is 9.69 Å². The number of hydrogen-bond donors (Lipinski definition) is 2. The third-order valence-electron chi connectivity index (χ3n) is 2.51. The minimum absolute atomic E-state index is 0.179. The molecular formula is C11H12N2O3. The number of anilines is 1. The minimum Gasteiger partial charge on any atom is -0.480 e. The lowest BCUT2D eigenvalue weighted by Crippen LogP contribution is -2.58. The molecule has 1 amide bonds. The molecule has 1 atom stereocenters. The summed E-state index contributed by atoms with van der Waals surface area (Å²) in [5, 5.41) is 11.8. The van der Waals surface area contributed by atoms with Crippen LogP contribution in [0.1, 0.15) is 0 Å². The molecular weight excluding hydrogens is 208 g/mol. The lowest BCUT2D eigenvalue weighted by molar-refractivity contribution is -0.140. The Hall–Kier alpha value is -1.88. The molecule has 0 aliphatic carbocycles. The molecule has 0 saturated carbocycles. The number of amides is 1. The van der Waals surface area contributed by atoms with Crippen molar-refractivity contribution in [3.8, 4) is 0 Å². The van der Waals surface area contributed by atoms with Crippen molar-refractivity contribution < 1.29 is 14.7 Å². The number of hydrogen-bond acceptors (Lipinski definition) is 3. The highest BCUT2D eigenvalue weighted by molar-refractivity contribution is 6.01. The van der Waals surface area contributed by atoms with Crippen molar-refractivity contribution in [1.29, 1.82) is 0 Å². The van der Waals surface area contributed by atoms with Gasteiger partial charge in [0.25, 0.3) is 0 Å². The highest BCUT2D eigenvalue weighted by Crippen LogP contribution is 2.18. The minimum atomic E-state index is -0.996. The second kappa shape index (κ2) is 4.32. The summed E-state index contributed by atoms with van der Waals surface area (Å²) < 4.78 is 0. The Morgan fingerprint density at radius 3 is 2.69 bits per heavy atom. The van der Waals surface area contributed by atoms with Gasteiger partial charge in [-0.25, -0.2) is 4.79 Å². The molecule has 1 aliphatic heterocycles. The molecule has 1 aromatic rings. The smallest absolute Gasteiger partial charge is 0.328 e. The van der Waals surface area contributed by atoms with E-state index in [1.807, 2.05) is 6.07 Å². The molecule has 5 heteroatoms. The van der Waals surface area contributed by atoms with Crippen LogP contribution in [0.15, 0.2) is 30.3 Å². The molecule has 0 bridgehead atoms. The van der Waals surface area contributed by atoms with Gasteiger partial charge >= 0.3 is 5.97 Å². The molecule has 84 valence electrons. The zero-order chi connectivity index (χ0) is 11.5. The number of carboxylic acid groups (broad SMARTS) is 1. The van der Waals surface area contributed by atoms with Gasteiger partial charge in [-0.15, -0.1) is 0 Å². The van der Waals surface area contributed by atoms with E-state index in [1.54, 1.807) is 24.3 Å². The summed E-state index contributed by atoms with van der Waals surface area (Å²) in [5.74, 6) is -1.21. The van der Waals surface area contributed by atoms with Gasteiger partial charge in [0.15, 0.2) is 0 Å². The second-order valence-corrected chi connectivity index (χ2v) is 3.58. The van der Waals surface area contributed by atoms with Crippen LogP contribution in [0.3, 0.4) is 0 Å². The lowest BCUT2D eigenvalue weighted by atomic mass is 10.1. The molecule has 2 rings (SSSR count). The zero-order valence-electron chi connectivity index (χ0n) is 8.59. The van der Waals surface area contributed by atoms with Gasteiger partial charge in [-0.2, -0.15) is 0 Å². The van der Waals surface area contributed by atoms with Gasteiger partial charge in [-0.05, 0) is 12.1 Å². The fraction of sp³-hybridized carbons (Fsp3) is 0.273. The van der Waals surface area contributed by atoms with Crippen LogP contribution in [0, 0.1) is 0 Å². The summed E-state index contributed by atoms with van der Waals surface area (Å²) in [4.78, 5) is 24.1. The Balaban J connectivity index is 2.34. The average molecular weight is 220 g/mol. The Morgan fingerprint density at radius 2 is 2.06 bits per heavy atom. The molecule has 0 aromatic heterocycles. The Morgan fingerprint density at radius 1 is 1.38 bits per heavy atom. The maximum absolute atomic E-state index is 11.7. The molecule has 1 aromatic carbocycles. The number of benzene rings is 1.